The second kappa shape index (κ2) is 7.14. The molecular formula is C18H22F3N. The van der Waals surface area contributed by atoms with Gasteiger partial charge in [0.2, 0.25) is 0 Å². The van der Waals surface area contributed by atoms with E-state index in [-0.39, 0.29) is 5.56 Å². The van der Waals surface area contributed by atoms with Gasteiger partial charge in [-0.05, 0) is 40.8 Å². The predicted molar refractivity (Wildman–Crippen MR) is 84.8 cm³/mol. The van der Waals surface area contributed by atoms with Crippen molar-refractivity contribution in [3.63, 3.8) is 0 Å². The quantitative estimate of drug-likeness (QED) is 0.698. The van der Waals surface area contributed by atoms with Gasteiger partial charge in [0.1, 0.15) is 6.04 Å². The smallest absolute Gasteiger partial charge is 0.316 e. The van der Waals surface area contributed by atoms with E-state index in [0.29, 0.717) is 0 Å². The monoisotopic (exact) mass is 309 g/mol. The molecular weight excluding hydrogens is 287 g/mol. The van der Waals surface area contributed by atoms with Crippen molar-refractivity contribution in [2.24, 2.45) is 5.73 Å². The van der Waals surface area contributed by atoms with Crippen molar-refractivity contribution in [2.75, 3.05) is 0 Å². The first kappa shape index (κ1) is 16.8. The Labute approximate surface area is 129 Å². The van der Waals surface area contributed by atoms with Crippen LogP contribution in [0.3, 0.4) is 0 Å². The zero-order valence-corrected chi connectivity index (χ0v) is 12.8. The Hall–Kier alpha value is -1.55. The van der Waals surface area contributed by atoms with Crippen molar-refractivity contribution >= 4 is 10.8 Å². The molecule has 0 unspecified atom stereocenters. The molecule has 0 aliphatic rings. The van der Waals surface area contributed by atoms with E-state index >= 15 is 0 Å². The van der Waals surface area contributed by atoms with Crippen molar-refractivity contribution < 1.29 is 13.2 Å². The highest BCUT2D eigenvalue weighted by atomic mass is 19.4. The number of benzene rings is 2. The van der Waals surface area contributed by atoms with Gasteiger partial charge in [-0.2, -0.15) is 13.2 Å². The topological polar surface area (TPSA) is 26.0 Å². The summed E-state index contributed by atoms with van der Waals surface area (Å²) in [4.78, 5) is 0. The van der Waals surface area contributed by atoms with Gasteiger partial charge >= 0.3 is 6.18 Å². The van der Waals surface area contributed by atoms with Crippen LogP contribution in [0.5, 0.6) is 0 Å². The summed E-state index contributed by atoms with van der Waals surface area (Å²) in [6.07, 6.45) is 1.42. The Kier molecular flexibility index (Phi) is 5.46. The van der Waals surface area contributed by atoms with Gasteiger partial charge in [0.15, 0.2) is 0 Å². The molecule has 2 aromatic rings. The van der Waals surface area contributed by atoms with Crippen LogP contribution >= 0.6 is 0 Å². The minimum atomic E-state index is -4.41. The van der Waals surface area contributed by atoms with E-state index in [0.717, 1.165) is 23.6 Å². The Balaban J connectivity index is 2.15. The van der Waals surface area contributed by atoms with Gasteiger partial charge in [-0.25, -0.2) is 0 Å². The average molecular weight is 309 g/mol. The van der Waals surface area contributed by atoms with Gasteiger partial charge in [-0.3, -0.25) is 0 Å². The summed E-state index contributed by atoms with van der Waals surface area (Å²) in [7, 11) is 0. The minimum absolute atomic E-state index is 0.107. The molecule has 0 fully saturated rings. The number of alkyl halides is 3. The zero-order valence-electron chi connectivity index (χ0n) is 12.8. The van der Waals surface area contributed by atoms with Gasteiger partial charge < -0.3 is 5.73 Å². The van der Waals surface area contributed by atoms with Gasteiger partial charge in [-0.1, -0.05) is 56.5 Å². The second-order valence-corrected chi connectivity index (χ2v) is 5.77. The highest BCUT2D eigenvalue weighted by molar-refractivity contribution is 5.84. The standard InChI is InChI=1S/C18H22F3N/c1-2-3-4-5-6-13-7-8-15-12-16(10-9-14(15)11-13)17(22)18(19,20)21/h7-12,17H,2-6,22H2,1H3/t17-/m0/s1. The van der Waals surface area contributed by atoms with E-state index in [4.69, 9.17) is 5.73 Å². The van der Waals surface area contributed by atoms with Crippen molar-refractivity contribution in [2.45, 2.75) is 51.2 Å². The average Bonchev–Trinajstić information content (AvgIpc) is 2.49. The number of nitrogens with two attached hydrogens (primary N) is 1. The zero-order chi connectivity index (χ0) is 16.2. The van der Waals surface area contributed by atoms with Crippen LogP contribution in [0, 0.1) is 0 Å². The van der Waals surface area contributed by atoms with Crippen LogP contribution < -0.4 is 5.73 Å². The van der Waals surface area contributed by atoms with Crippen molar-refractivity contribution in [1.82, 2.24) is 0 Å². The molecule has 120 valence electrons. The number of hydrogen-bond donors (Lipinski definition) is 1. The number of halogens is 3. The molecule has 2 aromatic carbocycles. The summed E-state index contributed by atoms with van der Waals surface area (Å²) in [6.45, 7) is 2.18. The number of aryl methyl sites for hydroxylation is 1. The molecule has 0 radical (unpaired) electrons. The Bertz CT molecular complexity index is 619. The SMILES string of the molecule is CCCCCCc1ccc2cc([C@H](N)C(F)(F)F)ccc2c1. The molecule has 0 bridgehead atoms. The number of fused-ring (bicyclic) bond motifs is 1. The summed E-state index contributed by atoms with van der Waals surface area (Å²) in [6, 6.07) is 8.76. The molecule has 0 saturated heterocycles. The van der Waals surface area contributed by atoms with Gasteiger partial charge in [0, 0.05) is 0 Å². The molecule has 0 aliphatic heterocycles. The summed E-state index contributed by atoms with van der Waals surface area (Å²) in [5, 5.41) is 1.76. The molecule has 1 nitrogen and oxygen atoms in total. The third-order valence-corrected chi connectivity index (χ3v) is 3.96. The van der Waals surface area contributed by atoms with Crippen molar-refractivity contribution in [3.8, 4) is 0 Å². The minimum Gasteiger partial charge on any atom is -0.316 e. The van der Waals surface area contributed by atoms with E-state index in [9.17, 15) is 13.2 Å². The van der Waals surface area contributed by atoms with E-state index in [1.165, 1.54) is 37.0 Å². The summed E-state index contributed by atoms with van der Waals surface area (Å²) in [5.74, 6) is 0. The molecule has 2 N–H and O–H groups in total. The molecule has 22 heavy (non-hydrogen) atoms. The third kappa shape index (κ3) is 4.23. The van der Waals surface area contributed by atoms with Crippen LogP contribution in [0.25, 0.3) is 10.8 Å². The Morgan fingerprint density at radius 2 is 1.64 bits per heavy atom. The summed E-state index contributed by atoms with van der Waals surface area (Å²) < 4.78 is 38.0. The number of unbranched alkanes of at least 4 members (excludes halogenated alkanes) is 3. The van der Waals surface area contributed by atoms with Crippen LogP contribution in [0.4, 0.5) is 13.2 Å². The fourth-order valence-corrected chi connectivity index (χ4v) is 2.61. The molecule has 1 atom stereocenters. The molecule has 0 aromatic heterocycles. The second-order valence-electron chi connectivity index (χ2n) is 5.77. The summed E-state index contributed by atoms with van der Waals surface area (Å²) in [5.41, 5.74) is 6.60. The van der Waals surface area contributed by atoms with Gasteiger partial charge in [0.05, 0.1) is 0 Å². The maximum Gasteiger partial charge on any atom is 0.407 e. The molecule has 4 heteroatoms. The summed E-state index contributed by atoms with van der Waals surface area (Å²) >= 11 is 0. The highest BCUT2D eigenvalue weighted by Crippen LogP contribution is 2.32. The van der Waals surface area contributed by atoms with E-state index in [2.05, 4.69) is 13.0 Å². The number of hydrogen-bond acceptors (Lipinski definition) is 1. The normalized spacial score (nSPS) is 13.5. The lowest BCUT2D eigenvalue weighted by Gasteiger charge is -2.16. The van der Waals surface area contributed by atoms with E-state index in [1.54, 1.807) is 6.07 Å². The third-order valence-electron chi connectivity index (χ3n) is 3.96. The Morgan fingerprint density at radius 3 is 2.32 bits per heavy atom. The lowest BCUT2D eigenvalue weighted by molar-refractivity contribution is -0.149. The van der Waals surface area contributed by atoms with Crippen LogP contribution in [0.1, 0.15) is 49.8 Å². The molecule has 0 amide bonds. The maximum absolute atomic E-state index is 12.7. The first-order valence-electron chi connectivity index (χ1n) is 7.76. The van der Waals surface area contributed by atoms with Crippen molar-refractivity contribution in [3.05, 3.63) is 47.5 Å². The predicted octanol–water partition coefficient (Wildman–Crippen LogP) is 5.52. The highest BCUT2D eigenvalue weighted by Gasteiger charge is 2.37. The lowest BCUT2D eigenvalue weighted by atomic mass is 9.98. The van der Waals surface area contributed by atoms with Crippen molar-refractivity contribution in [1.29, 1.82) is 0 Å². The van der Waals surface area contributed by atoms with Crippen LogP contribution in [-0.4, -0.2) is 6.18 Å². The molecule has 2 rings (SSSR count). The van der Waals surface area contributed by atoms with Crippen LogP contribution in [-0.2, 0) is 6.42 Å². The molecule has 0 aliphatic carbocycles. The largest absolute Gasteiger partial charge is 0.407 e. The molecule has 0 heterocycles. The maximum atomic E-state index is 12.7. The first-order valence-corrected chi connectivity index (χ1v) is 7.76. The lowest BCUT2D eigenvalue weighted by Crippen LogP contribution is -2.28. The van der Waals surface area contributed by atoms with Gasteiger partial charge in [-0.15, -0.1) is 0 Å². The molecule has 0 spiro atoms. The Morgan fingerprint density at radius 1 is 0.955 bits per heavy atom. The fourth-order valence-electron chi connectivity index (χ4n) is 2.61. The fraction of sp³-hybridized carbons (Fsp3) is 0.444. The van der Waals surface area contributed by atoms with E-state index in [1.807, 2.05) is 12.1 Å². The molecule has 0 saturated carbocycles. The van der Waals surface area contributed by atoms with Crippen LogP contribution in [0.2, 0.25) is 0 Å². The number of rotatable bonds is 6. The van der Waals surface area contributed by atoms with Gasteiger partial charge in [0.25, 0.3) is 0 Å². The van der Waals surface area contributed by atoms with Crippen LogP contribution in [0.15, 0.2) is 36.4 Å². The first-order chi connectivity index (χ1) is 10.4. The van der Waals surface area contributed by atoms with E-state index < -0.39 is 12.2 Å².